The summed E-state index contributed by atoms with van der Waals surface area (Å²) in [5.41, 5.74) is -0.570. The molecule has 0 saturated carbocycles. The fraction of sp³-hybridized carbons (Fsp3) is 0.125. The number of carbonyl (C=O) groups is 2. The second-order valence-corrected chi connectivity index (χ2v) is 2.42. The van der Waals surface area contributed by atoms with Crippen molar-refractivity contribution in [2.45, 2.75) is 5.92 Å². The fourth-order valence-electron chi connectivity index (χ4n) is 0.755. The molecule has 1 aromatic rings. The summed E-state index contributed by atoms with van der Waals surface area (Å²) in [5, 5.41) is 8.07. The molecule has 4 nitrogen and oxygen atoms in total. The van der Waals surface area contributed by atoms with Crippen molar-refractivity contribution in [1.82, 2.24) is 4.98 Å². The molecular weight excluding hydrogens is 196 g/mol. The van der Waals surface area contributed by atoms with Crippen LogP contribution in [0.1, 0.15) is 10.5 Å². The predicted octanol–water partition coefficient (Wildman–Crippen LogP) is 0.984. The highest BCUT2D eigenvalue weighted by Gasteiger charge is 2.48. The zero-order chi connectivity index (χ0) is 10.8. The maximum atomic E-state index is 12.6. The number of hydrogen-bond acceptors (Lipinski definition) is 3. The maximum Gasteiger partial charge on any atom is 0.405 e. The molecule has 0 unspecified atom stereocenters. The van der Waals surface area contributed by atoms with Gasteiger partial charge in [-0.2, -0.15) is 8.78 Å². The molecule has 1 heterocycles. The molecular formula is C8H5F2NO3. The van der Waals surface area contributed by atoms with Gasteiger partial charge in [0.25, 0.3) is 5.78 Å². The Morgan fingerprint density at radius 3 is 2.43 bits per heavy atom. The number of aliphatic carboxylic acids is 1. The minimum absolute atomic E-state index is 0.570. The van der Waals surface area contributed by atoms with Crippen molar-refractivity contribution in [2.24, 2.45) is 0 Å². The van der Waals surface area contributed by atoms with Gasteiger partial charge < -0.3 is 5.11 Å². The first-order valence-electron chi connectivity index (χ1n) is 3.53. The summed E-state index contributed by atoms with van der Waals surface area (Å²) in [7, 11) is 0. The Bertz CT molecular complexity index is 364. The first kappa shape index (κ1) is 10.2. The van der Waals surface area contributed by atoms with Gasteiger partial charge in [-0.3, -0.25) is 9.78 Å². The third kappa shape index (κ3) is 1.73. The van der Waals surface area contributed by atoms with E-state index in [1.165, 1.54) is 12.1 Å². The van der Waals surface area contributed by atoms with Crippen LogP contribution in [0, 0.1) is 0 Å². The average molecular weight is 201 g/mol. The molecule has 0 aliphatic rings. The molecule has 0 aliphatic heterocycles. The Hall–Kier alpha value is -1.85. The Kier molecular flexibility index (Phi) is 2.55. The number of halogens is 2. The van der Waals surface area contributed by atoms with Crippen LogP contribution in [0.15, 0.2) is 24.4 Å². The molecule has 1 N–H and O–H groups in total. The van der Waals surface area contributed by atoms with Crippen LogP contribution >= 0.6 is 0 Å². The lowest BCUT2D eigenvalue weighted by Crippen LogP contribution is -2.38. The first-order valence-corrected chi connectivity index (χ1v) is 3.53. The van der Waals surface area contributed by atoms with Gasteiger partial charge >= 0.3 is 11.9 Å². The second-order valence-electron chi connectivity index (χ2n) is 2.42. The van der Waals surface area contributed by atoms with Crippen LogP contribution in [0.4, 0.5) is 8.78 Å². The lowest BCUT2D eigenvalue weighted by Gasteiger charge is -2.08. The van der Waals surface area contributed by atoms with Gasteiger partial charge in [0.1, 0.15) is 5.69 Å². The molecule has 0 atom stereocenters. The molecule has 74 valence electrons. The van der Waals surface area contributed by atoms with Gasteiger partial charge in [0.2, 0.25) is 0 Å². The molecule has 0 saturated heterocycles. The van der Waals surface area contributed by atoms with Gasteiger partial charge in [0.05, 0.1) is 0 Å². The molecule has 0 spiro atoms. The van der Waals surface area contributed by atoms with Gasteiger partial charge in [-0.25, -0.2) is 4.79 Å². The summed E-state index contributed by atoms with van der Waals surface area (Å²) in [6.07, 6.45) is 1.13. The number of hydrogen-bond donors (Lipinski definition) is 1. The van der Waals surface area contributed by atoms with Crippen molar-refractivity contribution in [3.8, 4) is 0 Å². The summed E-state index contributed by atoms with van der Waals surface area (Å²) in [5.74, 6) is -8.72. The smallest absolute Gasteiger partial charge is 0.405 e. The molecule has 0 radical (unpaired) electrons. The average Bonchev–Trinajstić information content (AvgIpc) is 2.17. The van der Waals surface area contributed by atoms with Crippen molar-refractivity contribution in [1.29, 1.82) is 0 Å². The number of carboxylic acids is 1. The SMILES string of the molecule is O=C(O)C(F)(F)C(=O)c1ccccn1. The summed E-state index contributed by atoms with van der Waals surface area (Å²) in [6.45, 7) is 0. The number of rotatable bonds is 3. The molecule has 14 heavy (non-hydrogen) atoms. The minimum Gasteiger partial charge on any atom is -0.476 e. The summed E-state index contributed by atoms with van der Waals surface area (Å²) >= 11 is 0. The summed E-state index contributed by atoms with van der Waals surface area (Å²) in [6, 6.07) is 3.77. The second kappa shape index (κ2) is 3.49. The highest BCUT2D eigenvalue weighted by molar-refractivity contribution is 6.12. The largest absolute Gasteiger partial charge is 0.476 e. The van der Waals surface area contributed by atoms with Crippen LogP contribution in [0.3, 0.4) is 0 Å². The van der Waals surface area contributed by atoms with Crippen LogP contribution in [0.5, 0.6) is 0 Å². The molecule has 0 aromatic carbocycles. The molecule has 6 heteroatoms. The molecule has 1 aromatic heterocycles. The standard InChI is InChI=1S/C8H5F2NO3/c9-8(10,7(13)14)6(12)5-3-1-2-4-11-5/h1-4H,(H,13,14). The highest BCUT2D eigenvalue weighted by Crippen LogP contribution is 2.18. The number of nitrogens with zero attached hydrogens (tertiary/aromatic N) is 1. The van der Waals surface area contributed by atoms with E-state index in [0.29, 0.717) is 0 Å². The number of alkyl halides is 2. The normalized spacial score (nSPS) is 11.0. The van der Waals surface area contributed by atoms with E-state index in [9.17, 15) is 18.4 Å². The van der Waals surface area contributed by atoms with E-state index in [-0.39, 0.29) is 0 Å². The van der Waals surface area contributed by atoms with Crippen molar-refractivity contribution in [3.05, 3.63) is 30.1 Å². The Labute approximate surface area is 77.2 Å². The maximum absolute atomic E-state index is 12.6. The first-order chi connectivity index (χ1) is 6.46. The summed E-state index contributed by atoms with van der Waals surface area (Å²) in [4.78, 5) is 24.3. The van der Waals surface area contributed by atoms with Crippen LogP contribution in [-0.2, 0) is 4.79 Å². The Morgan fingerprint density at radius 2 is 2.00 bits per heavy atom. The Balaban J connectivity index is 3.03. The van der Waals surface area contributed by atoms with Crippen molar-refractivity contribution >= 4 is 11.8 Å². The van der Waals surface area contributed by atoms with E-state index in [0.717, 1.165) is 12.3 Å². The third-order valence-corrected chi connectivity index (χ3v) is 1.45. The van der Waals surface area contributed by atoms with Gasteiger partial charge in [0, 0.05) is 6.20 Å². The number of carboxylic acid groups (broad SMARTS) is 1. The zero-order valence-corrected chi connectivity index (χ0v) is 6.78. The molecule has 1 rings (SSSR count). The number of carbonyl (C=O) groups excluding carboxylic acids is 1. The molecule has 0 fully saturated rings. The van der Waals surface area contributed by atoms with E-state index in [1.807, 2.05) is 0 Å². The van der Waals surface area contributed by atoms with Crippen LogP contribution in [-0.4, -0.2) is 27.8 Å². The number of aromatic nitrogens is 1. The Morgan fingerprint density at radius 1 is 1.36 bits per heavy atom. The number of ketones is 1. The quantitative estimate of drug-likeness (QED) is 0.584. The molecule has 0 bridgehead atoms. The van der Waals surface area contributed by atoms with E-state index in [4.69, 9.17) is 5.11 Å². The third-order valence-electron chi connectivity index (χ3n) is 1.45. The van der Waals surface area contributed by atoms with Crippen LogP contribution in [0.25, 0.3) is 0 Å². The van der Waals surface area contributed by atoms with Gasteiger partial charge in [0.15, 0.2) is 0 Å². The van der Waals surface area contributed by atoms with Crippen molar-refractivity contribution in [3.63, 3.8) is 0 Å². The lowest BCUT2D eigenvalue weighted by molar-refractivity contribution is -0.157. The summed E-state index contributed by atoms with van der Waals surface area (Å²) < 4.78 is 25.3. The highest BCUT2D eigenvalue weighted by atomic mass is 19.3. The van der Waals surface area contributed by atoms with Gasteiger partial charge in [-0.15, -0.1) is 0 Å². The molecule has 0 amide bonds. The van der Waals surface area contributed by atoms with E-state index < -0.39 is 23.4 Å². The minimum atomic E-state index is -4.42. The van der Waals surface area contributed by atoms with Crippen molar-refractivity contribution < 1.29 is 23.5 Å². The van der Waals surface area contributed by atoms with Gasteiger partial charge in [-0.1, -0.05) is 6.07 Å². The fourth-order valence-corrected chi connectivity index (χ4v) is 0.755. The van der Waals surface area contributed by atoms with E-state index in [2.05, 4.69) is 4.98 Å². The zero-order valence-electron chi connectivity index (χ0n) is 6.78. The molecule has 0 aliphatic carbocycles. The van der Waals surface area contributed by atoms with Crippen molar-refractivity contribution in [2.75, 3.05) is 0 Å². The van der Waals surface area contributed by atoms with Crippen LogP contribution < -0.4 is 0 Å². The number of Topliss-reactive ketones (excluding diaryl/α,β-unsaturated/α-hetero) is 1. The van der Waals surface area contributed by atoms with Crippen LogP contribution in [0.2, 0.25) is 0 Å². The predicted molar refractivity (Wildman–Crippen MR) is 41.2 cm³/mol. The van der Waals surface area contributed by atoms with Gasteiger partial charge in [-0.05, 0) is 12.1 Å². The monoisotopic (exact) mass is 201 g/mol. The lowest BCUT2D eigenvalue weighted by atomic mass is 10.1. The number of pyridine rings is 1. The van der Waals surface area contributed by atoms with E-state index >= 15 is 0 Å². The van der Waals surface area contributed by atoms with E-state index in [1.54, 1.807) is 0 Å². The topological polar surface area (TPSA) is 67.3 Å².